The van der Waals surface area contributed by atoms with Crippen molar-refractivity contribution in [1.82, 2.24) is 15.7 Å². The van der Waals surface area contributed by atoms with Gasteiger partial charge in [-0.05, 0) is 54.5 Å². The largest absolute Gasteiger partial charge is 0.458 e. The summed E-state index contributed by atoms with van der Waals surface area (Å²) in [7, 11) is 0. The first kappa shape index (κ1) is 40.6. The zero-order valence-corrected chi connectivity index (χ0v) is 32.3. The maximum atomic E-state index is 14.8. The van der Waals surface area contributed by atoms with Gasteiger partial charge in [-0.15, -0.1) is 0 Å². The summed E-state index contributed by atoms with van der Waals surface area (Å²) < 4.78 is 30.9. The molecule has 7 aliphatic rings. The molecule has 318 valence electrons. The summed E-state index contributed by atoms with van der Waals surface area (Å²) >= 11 is 0. The number of carbonyl (C=O) groups is 3. The van der Waals surface area contributed by atoms with Crippen molar-refractivity contribution in [1.29, 1.82) is 0 Å². The van der Waals surface area contributed by atoms with E-state index in [4.69, 9.17) is 33.6 Å². The number of carbonyl (C=O) groups excluding carboxylic acids is 3. The number of fused-ring (bicyclic) bond motifs is 4. The molecular weight excluding hydrogens is 770 g/mol. The molecule has 4 saturated heterocycles. The van der Waals surface area contributed by atoms with Crippen LogP contribution in [0.4, 0.5) is 0 Å². The maximum Gasteiger partial charge on any atom is 0.327 e. The summed E-state index contributed by atoms with van der Waals surface area (Å²) in [6.45, 7) is -0.384. The van der Waals surface area contributed by atoms with E-state index in [-0.39, 0.29) is 62.9 Å². The number of hydrogen-bond acceptors (Lipinski definition) is 15. The van der Waals surface area contributed by atoms with E-state index in [1.54, 1.807) is 41.5 Å². The second kappa shape index (κ2) is 16.2. The van der Waals surface area contributed by atoms with Crippen molar-refractivity contribution in [3.05, 3.63) is 76.9 Å². The summed E-state index contributed by atoms with van der Waals surface area (Å²) in [4.78, 5) is 48.2. The van der Waals surface area contributed by atoms with Gasteiger partial charge in [0, 0.05) is 36.9 Å². The highest BCUT2D eigenvalue weighted by molar-refractivity contribution is 5.95. The molecule has 59 heavy (non-hydrogen) atoms. The molecule has 7 N–H and O–H groups in total. The molecule has 2 aromatic carbocycles. The van der Waals surface area contributed by atoms with Crippen LogP contribution >= 0.6 is 0 Å². The van der Waals surface area contributed by atoms with Crippen LogP contribution in [0.5, 0.6) is 0 Å². The molecule has 0 spiro atoms. The lowest BCUT2D eigenvalue weighted by atomic mass is 9.62. The predicted octanol–water partition coefficient (Wildman–Crippen LogP) is -0.345. The number of esters is 1. The summed E-state index contributed by atoms with van der Waals surface area (Å²) in [6, 6.07) is 13.2. The lowest BCUT2D eigenvalue weighted by Crippen LogP contribution is -2.69. The van der Waals surface area contributed by atoms with Gasteiger partial charge in [0.15, 0.2) is 18.1 Å². The topological polar surface area (TPSA) is 235 Å². The standard InChI is InChI=1S/C42H51N3O14/c46-15-14-43-37(51)25-5-1-3-24(17-25)19-44-40(53)41-18-28-33-34(58-42(57-33,26-10-11-26)27-12-13-27)36(41)59-45(35(41)38(52)55-28)20-23-8-6-22(7-9-23)4-2-16-54-39-32(50)31(49)30(48)29(21-47)56-39/h1-9,17,26-36,39,46-50H,10-16,18-21H2,(H,43,51)(H,44,53). The van der Waals surface area contributed by atoms with Crippen LogP contribution in [0.2, 0.25) is 0 Å². The van der Waals surface area contributed by atoms with Gasteiger partial charge < -0.3 is 59.9 Å². The molecule has 7 fully saturated rings. The molecule has 0 radical (unpaired) electrons. The minimum atomic E-state index is -1.53. The van der Waals surface area contributed by atoms with Crippen LogP contribution in [0.1, 0.15) is 59.2 Å². The van der Waals surface area contributed by atoms with Crippen LogP contribution in [-0.4, -0.2) is 142 Å². The quantitative estimate of drug-likeness (QED) is 0.114. The molecule has 9 rings (SSSR count). The molecule has 11 unspecified atom stereocenters. The number of ether oxygens (including phenoxy) is 5. The minimum absolute atomic E-state index is 0.00446. The third kappa shape index (κ3) is 7.39. The number of nitrogens with one attached hydrogen (secondary N) is 2. The summed E-state index contributed by atoms with van der Waals surface area (Å²) in [5, 5.41) is 56.1. The molecule has 17 nitrogen and oxygen atoms in total. The smallest absolute Gasteiger partial charge is 0.327 e. The molecule has 2 bridgehead atoms. The van der Waals surface area contributed by atoms with Crippen molar-refractivity contribution in [3.8, 4) is 0 Å². The monoisotopic (exact) mass is 821 g/mol. The predicted molar refractivity (Wildman–Crippen MR) is 202 cm³/mol. The van der Waals surface area contributed by atoms with Crippen LogP contribution in [0.3, 0.4) is 0 Å². The third-order valence-electron chi connectivity index (χ3n) is 12.8. The number of amides is 2. The number of benzene rings is 2. The molecular formula is C42H51N3O14. The normalized spacial score (nSPS) is 36.0. The molecule has 3 aliphatic carbocycles. The Morgan fingerprint density at radius 2 is 1.66 bits per heavy atom. The van der Waals surface area contributed by atoms with Crippen molar-refractivity contribution < 1.29 is 68.4 Å². The second-order valence-corrected chi connectivity index (χ2v) is 16.7. The van der Waals surface area contributed by atoms with Gasteiger partial charge in [0.1, 0.15) is 54.2 Å². The van der Waals surface area contributed by atoms with Gasteiger partial charge in [-0.3, -0.25) is 19.2 Å². The number of rotatable bonds is 15. The van der Waals surface area contributed by atoms with E-state index >= 15 is 0 Å². The summed E-state index contributed by atoms with van der Waals surface area (Å²) in [6.07, 6.45) is -2.01. The van der Waals surface area contributed by atoms with Gasteiger partial charge in [-0.2, -0.15) is 5.06 Å². The second-order valence-electron chi connectivity index (χ2n) is 16.7. The molecule has 11 atom stereocenters. The van der Waals surface area contributed by atoms with Crippen molar-refractivity contribution in [2.75, 3.05) is 26.4 Å². The minimum Gasteiger partial charge on any atom is -0.458 e. The van der Waals surface area contributed by atoms with E-state index in [1.807, 2.05) is 24.3 Å². The Morgan fingerprint density at radius 3 is 2.37 bits per heavy atom. The zero-order chi connectivity index (χ0) is 41.1. The van der Waals surface area contributed by atoms with Crippen LogP contribution < -0.4 is 10.6 Å². The number of aliphatic hydroxyl groups excluding tert-OH is 5. The van der Waals surface area contributed by atoms with E-state index in [9.17, 15) is 34.8 Å². The van der Waals surface area contributed by atoms with Gasteiger partial charge in [0.2, 0.25) is 5.91 Å². The number of nitrogens with zero attached hydrogens (tertiary/aromatic N) is 1. The Kier molecular flexibility index (Phi) is 11.1. The fourth-order valence-electron chi connectivity index (χ4n) is 9.56. The Morgan fingerprint density at radius 1 is 0.915 bits per heavy atom. The Bertz CT molecular complexity index is 1910. The zero-order valence-electron chi connectivity index (χ0n) is 32.3. The number of hydroxylamine groups is 2. The van der Waals surface area contributed by atoms with Crippen molar-refractivity contribution in [2.24, 2.45) is 17.3 Å². The molecule has 4 aliphatic heterocycles. The van der Waals surface area contributed by atoms with E-state index in [0.717, 1.165) is 36.8 Å². The highest BCUT2D eigenvalue weighted by Crippen LogP contribution is 2.63. The van der Waals surface area contributed by atoms with Gasteiger partial charge in [-0.1, -0.05) is 48.6 Å². The molecule has 3 saturated carbocycles. The Labute approximate surface area is 340 Å². The number of hydrogen-bond donors (Lipinski definition) is 7. The summed E-state index contributed by atoms with van der Waals surface area (Å²) in [5.74, 6) is -1.61. The Balaban J connectivity index is 0.922. The van der Waals surface area contributed by atoms with Crippen molar-refractivity contribution >= 4 is 23.9 Å². The lowest BCUT2D eigenvalue weighted by molar-refractivity contribution is -0.298. The van der Waals surface area contributed by atoms with Gasteiger partial charge >= 0.3 is 5.97 Å². The first-order valence-corrected chi connectivity index (χ1v) is 20.5. The molecule has 17 heteroatoms. The van der Waals surface area contributed by atoms with Crippen molar-refractivity contribution in [3.63, 3.8) is 0 Å². The highest BCUT2D eigenvalue weighted by atomic mass is 16.8. The highest BCUT2D eigenvalue weighted by Gasteiger charge is 2.78. The first-order chi connectivity index (χ1) is 28.6. The first-order valence-electron chi connectivity index (χ1n) is 20.5. The Hall–Kier alpha value is -3.85. The number of aliphatic hydroxyl groups is 5. The van der Waals surface area contributed by atoms with Crippen LogP contribution in [0.15, 0.2) is 54.6 Å². The van der Waals surface area contributed by atoms with Gasteiger partial charge in [0.05, 0.1) is 26.4 Å². The lowest BCUT2D eigenvalue weighted by Gasteiger charge is -2.48. The van der Waals surface area contributed by atoms with Gasteiger partial charge in [0.25, 0.3) is 5.91 Å². The third-order valence-corrected chi connectivity index (χ3v) is 12.8. The SMILES string of the molecule is O=C(NCCO)c1cccc(CNC(=O)C23CC4OC(=O)C2N(Cc2ccc(C=CCOC5OC(CO)C(O)C(O)C5O)cc2)OC3C2OC(C3CC3)(C3CC3)OC42)c1. The molecule has 2 aromatic rings. The van der Waals surface area contributed by atoms with Crippen molar-refractivity contribution in [2.45, 2.75) is 112 Å². The van der Waals surface area contributed by atoms with E-state index in [1.165, 1.54) is 0 Å². The fraction of sp³-hybridized carbons (Fsp3) is 0.595. The maximum absolute atomic E-state index is 14.8. The average molecular weight is 822 g/mol. The molecule has 2 amide bonds. The van der Waals surface area contributed by atoms with Gasteiger partial charge in [-0.25, -0.2) is 0 Å². The van der Waals surface area contributed by atoms with E-state index in [0.29, 0.717) is 11.1 Å². The molecule has 4 heterocycles. The van der Waals surface area contributed by atoms with Crippen LogP contribution in [0.25, 0.3) is 6.08 Å². The van der Waals surface area contributed by atoms with Crippen LogP contribution in [-0.2, 0) is 51.2 Å². The molecule has 0 aromatic heterocycles. The van der Waals surface area contributed by atoms with E-state index in [2.05, 4.69) is 10.6 Å². The summed E-state index contributed by atoms with van der Waals surface area (Å²) in [5.41, 5.74) is 1.30. The fourth-order valence-corrected chi connectivity index (χ4v) is 9.56. The van der Waals surface area contributed by atoms with E-state index < -0.39 is 84.9 Å². The average Bonchev–Trinajstić information content (AvgIpc) is 4.20. The van der Waals surface area contributed by atoms with Crippen LogP contribution in [0, 0.1) is 17.3 Å².